The number of hydrogen-bond acceptors (Lipinski definition) is 6. The van der Waals surface area contributed by atoms with Gasteiger partial charge < -0.3 is 10.5 Å². The average molecular weight is 280 g/mol. The van der Waals surface area contributed by atoms with Crippen molar-refractivity contribution in [2.45, 2.75) is 13.3 Å². The Balaban J connectivity index is 4.18. The second kappa shape index (κ2) is 8.04. The number of likely N-dealkylation sites (N-methyl/N-ethyl adjacent to an activating group) is 1. The van der Waals surface area contributed by atoms with Crippen LogP contribution in [0.5, 0.6) is 0 Å². The zero-order chi connectivity index (χ0) is 14.2. The highest BCUT2D eigenvalue weighted by Gasteiger charge is 2.16. The minimum Gasteiger partial charge on any atom is -0.468 e. The normalized spacial score (nSPS) is 11.5. The van der Waals surface area contributed by atoms with E-state index in [1.165, 1.54) is 7.11 Å². The molecule has 0 bridgehead atoms. The largest absolute Gasteiger partial charge is 0.468 e. The van der Waals surface area contributed by atoms with Gasteiger partial charge in [-0.1, -0.05) is 6.92 Å². The van der Waals surface area contributed by atoms with E-state index in [-0.39, 0.29) is 31.0 Å². The van der Waals surface area contributed by atoms with Crippen LogP contribution in [0.25, 0.3) is 0 Å². The minimum absolute atomic E-state index is 0.0539. The highest BCUT2D eigenvalue weighted by Crippen LogP contribution is 1.97. The maximum atomic E-state index is 11.6. The molecule has 0 heterocycles. The maximum Gasteiger partial charge on any atom is 0.319 e. The number of sulfone groups is 1. The molecule has 0 saturated heterocycles. The predicted molar refractivity (Wildman–Crippen MR) is 66.6 cm³/mol. The molecule has 0 aromatic rings. The van der Waals surface area contributed by atoms with Crippen LogP contribution >= 0.6 is 0 Å². The Morgan fingerprint density at radius 2 is 1.89 bits per heavy atom. The molecule has 0 atom stereocenters. The summed E-state index contributed by atoms with van der Waals surface area (Å²) in [4.78, 5) is 23.2. The fourth-order valence-electron chi connectivity index (χ4n) is 1.22. The van der Waals surface area contributed by atoms with Crippen LogP contribution in [0.2, 0.25) is 0 Å². The van der Waals surface area contributed by atoms with Crippen LogP contribution in [0, 0.1) is 0 Å². The first-order chi connectivity index (χ1) is 8.30. The van der Waals surface area contributed by atoms with Crippen molar-refractivity contribution in [1.82, 2.24) is 4.90 Å². The van der Waals surface area contributed by atoms with Gasteiger partial charge in [0.1, 0.15) is 0 Å². The molecule has 0 aliphatic heterocycles. The fraction of sp³-hybridized carbons (Fsp3) is 0.800. The Labute approximate surface area is 107 Å². The Morgan fingerprint density at radius 3 is 2.33 bits per heavy atom. The first kappa shape index (κ1) is 16.9. The molecule has 0 unspecified atom stereocenters. The third kappa shape index (κ3) is 8.02. The summed E-state index contributed by atoms with van der Waals surface area (Å²) < 4.78 is 27.6. The standard InChI is InChI=1S/C10H20N2O5S/c1-3-12(8-10(14)17-2)5-7-18(15,16)6-4-9(11)13/h3-8H2,1-2H3,(H2,11,13). The van der Waals surface area contributed by atoms with E-state index < -0.39 is 21.7 Å². The maximum absolute atomic E-state index is 11.6. The molecule has 0 rings (SSSR count). The molecule has 106 valence electrons. The molecule has 0 aliphatic carbocycles. The summed E-state index contributed by atoms with van der Waals surface area (Å²) in [6.45, 7) is 2.64. The lowest BCUT2D eigenvalue weighted by Gasteiger charge is -2.18. The molecule has 0 aromatic heterocycles. The Kier molecular flexibility index (Phi) is 7.53. The highest BCUT2D eigenvalue weighted by molar-refractivity contribution is 7.91. The van der Waals surface area contributed by atoms with E-state index >= 15 is 0 Å². The van der Waals surface area contributed by atoms with Crippen LogP contribution < -0.4 is 5.73 Å². The van der Waals surface area contributed by atoms with Gasteiger partial charge >= 0.3 is 5.97 Å². The number of amides is 1. The monoisotopic (exact) mass is 280 g/mol. The van der Waals surface area contributed by atoms with E-state index in [9.17, 15) is 18.0 Å². The molecule has 0 aliphatic rings. The first-order valence-corrected chi connectivity index (χ1v) is 7.40. The summed E-state index contributed by atoms with van der Waals surface area (Å²) in [5.41, 5.74) is 4.89. The fourth-order valence-corrected chi connectivity index (χ4v) is 2.48. The van der Waals surface area contributed by atoms with Gasteiger partial charge in [-0.05, 0) is 6.54 Å². The molecular weight excluding hydrogens is 260 g/mol. The van der Waals surface area contributed by atoms with Crippen molar-refractivity contribution in [2.75, 3.05) is 38.2 Å². The molecule has 8 heteroatoms. The van der Waals surface area contributed by atoms with Crippen LogP contribution in [0.3, 0.4) is 0 Å². The zero-order valence-corrected chi connectivity index (χ0v) is 11.5. The Morgan fingerprint density at radius 1 is 1.28 bits per heavy atom. The Hall–Kier alpha value is -1.15. The van der Waals surface area contributed by atoms with Crippen LogP contribution in [0.4, 0.5) is 0 Å². The first-order valence-electron chi connectivity index (χ1n) is 5.58. The van der Waals surface area contributed by atoms with Crippen molar-refractivity contribution in [3.8, 4) is 0 Å². The average Bonchev–Trinajstić information content (AvgIpc) is 2.31. The topological polar surface area (TPSA) is 107 Å². The quantitative estimate of drug-likeness (QED) is 0.530. The van der Waals surface area contributed by atoms with Gasteiger partial charge in [0.25, 0.3) is 0 Å². The van der Waals surface area contributed by atoms with E-state index in [0.29, 0.717) is 6.54 Å². The summed E-state index contributed by atoms with van der Waals surface area (Å²) in [5, 5.41) is 0. The minimum atomic E-state index is -3.32. The van der Waals surface area contributed by atoms with Gasteiger partial charge in [-0.15, -0.1) is 0 Å². The lowest BCUT2D eigenvalue weighted by atomic mass is 10.5. The van der Waals surface area contributed by atoms with Gasteiger partial charge in [-0.3, -0.25) is 14.5 Å². The molecule has 0 spiro atoms. The molecule has 0 radical (unpaired) electrons. The number of hydrogen-bond donors (Lipinski definition) is 1. The van der Waals surface area contributed by atoms with Gasteiger partial charge in [0.15, 0.2) is 9.84 Å². The van der Waals surface area contributed by atoms with E-state index in [1.54, 1.807) is 4.90 Å². The Bertz CT molecular complexity index is 380. The smallest absolute Gasteiger partial charge is 0.319 e. The second-order valence-corrected chi connectivity index (χ2v) is 6.12. The molecule has 0 fully saturated rings. The third-order valence-electron chi connectivity index (χ3n) is 2.41. The van der Waals surface area contributed by atoms with E-state index in [1.807, 2.05) is 6.92 Å². The van der Waals surface area contributed by atoms with Crippen LogP contribution in [-0.2, 0) is 24.2 Å². The highest BCUT2D eigenvalue weighted by atomic mass is 32.2. The zero-order valence-electron chi connectivity index (χ0n) is 10.7. The molecular formula is C10H20N2O5S. The summed E-state index contributed by atoms with van der Waals surface area (Å²) in [6.07, 6.45) is -0.175. The van der Waals surface area contributed by atoms with Gasteiger partial charge in [0.05, 0.1) is 25.2 Å². The van der Waals surface area contributed by atoms with Crippen LogP contribution in [0.15, 0.2) is 0 Å². The number of ether oxygens (including phenoxy) is 1. The number of rotatable bonds is 9. The third-order valence-corrected chi connectivity index (χ3v) is 4.04. The van der Waals surface area contributed by atoms with E-state index in [0.717, 1.165) is 0 Å². The summed E-state index contributed by atoms with van der Waals surface area (Å²) in [6, 6.07) is 0. The van der Waals surface area contributed by atoms with Crippen molar-refractivity contribution in [3.05, 3.63) is 0 Å². The van der Waals surface area contributed by atoms with Crippen molar-refractivity contribution in [3.63, 3.8) is 0 Å². The summed E-state index contributed by atoms with van der Waals surface area (Å²) >= 11 is 0. The van der Waals surface area contributed by atoms with Gasteiger partial charge in [-0.25, -0.2) is 8.42 Å². The van der Waals surface area contributed by atoms with Crippen molar-refractivity contribution in [2.24, 2.45) is 5.73 Å². The molecule has 2 N–H and O–H groups in total. The van der Waals surface area contributed by atoms with Crippen molar-refractivity contribution >= 4 is 21.7 Å². The summed E-state index contributed by atoms with van der Waals surface area (Å²) in [7, 11) is -2.04. The molecule has 1 amide bonds. The lowest BCUT2D eigenvalue weighted by Crippen LogP contribution is -2.35. The molecule has 0 saturated carbocycles. The summed E-state index contributed by atoms with van der Waals surface area (Å²) in [5.74, 6) is -1.41. The predicted octanol–water partition coefficient (Wildman–Crippen LogP) is -1.23. The van der Waals surface area contributed by atoms with Crippen LogP contribution in [-0.4, -0.2) is 63.4 Å². The number of nitrogens with zero attached hydrogens (tertiary/aromatic N) is 1. The van der Waals surface area contributed by atoms with E-state index in [2.05, 4.69) is 4.74 Å². The van der Waals surface area contributed by atoms with E-state index in [4.69, 9.17) is 5.73 Å². The number of nitrogens with two attached hydrogens (primary N) is 1. The number of methoxy groups -OCH3 is 1. The lowest BCUT2D eigenvalue weighted by molar-refractivity contribution is -0.141. The number of esters is 1. The van der Waals surface area contributed by atoms with Crippen molar-refractivity contribution < 1.29 is 22.7 Å². The van der Waals surface area contributed by atoms with Crippen molar-refractivity contribution in [1.29, 1.82) is 0 Å². The SMILES string of the molecule is CCN(CCS(=O)(=O)CCC(N)=O)CC(=O)OC. The van der Waals surface area contributed by atoms with Crippen LogP contribution in [0.1, 0.15) is 13.3 Å². The van der Waals surface area contributed by atoms with Gasteiger partial charge in [0, 0.05) is 13.0 Å². The molecule has 18 heavy (non-hydrogen) atoms. The second-order valence-electron chi connectivity index (χ2n) is 3.81. The number of carbonyl (C=O) groups is 2. The molecule has 0 aromatic carbocycles. The van der Waals surface area contributed by atoms with Gasteiger partial charge in [-0.2, -0.15) is 0 Å². The number of carbonyl (C=O) groups excluding carboxylic acids is 2. The number of primary amides is 1. The van der Waals surface area contributed by atoms with Gasteiger partial charge in [0.2, 0.25) is 5.91 Å². The molecule has 7 nitrogen and oxygen atoms in total.